The van der Waals surface area contributed by atoms with Gasteiger partial charge in [-0.15, -0.1) is 10.2 Å². The van der Waals surface area contributed by atoms with Crippen molar-refractivity contribution in [3.63, 3.8) is 0 Å². The summed E-state index contributed by atoms with van der Waals surface area (Å²) in [5.74, 6) is -1.73. The van der Waals surface area contributed by atoms with E-state index in [0.29, 0.717) is 4.60 Å². The highest BCUT2D eigenvalue weighted by Gasteiger charge is 2.18. The van der Waals surface area contributed by atoms with E-state index in [4.69, 9.17) is 5.73 Å². The first-order valence-corrected chi connectivity index (χ1v) is 6.50. The first-order valence-electron chi connectivity index (χ1n) is 5.70. The minimum absolute atomic E-state index is 0.0452. The van der Waals surface area contributed by atoms with Crippen molar-refractivity contribution in [2.45, 2.75) is 0 Å². The second kappa shape index (κ2) is 5.17. The molecule has 1 aromatic carbocycles. The highest BCUT2D eigenvalue weighted by molar-refractivity contribution is 9.10. The lowest BCUT2D eigenvalue weighted by molar-refractivity contribution is 0.504. The fourth-order valence-corrected chi connectivity index (χ4v) is 2.07. The monoisotopic (exact) mass is 352 g/mol. The quantitative estimate of drug-likeness (QED) is 0.765. The van der Waals surface area contributed by atoms with Gasteiger partial charge >= 0.3 is 0 Å². The maximum atomic E-state index is 13.9. The van der Waals surface area contributed by atoms with Gasteiger partial charge in [0.25, 0.3) is 0 Å². The van der Waals surface area contributed by atoms with Gasteiger partial charge in [0.1, 0.15) is 10.9 Å². The van der Waals surface area contributed by atoms with Gasteiger partial charge in [-0.25, -0.2) is 18.7 Å². The topological polar surface area (TPSA) is 82.5 Å². The molecule has 0 radical (unpaired) electrons. The Bertz CT molecular complexity index is 803. The summed E-state index contributed by atoms with van der Waals surface area (Å²) in [5.41, 5.74) is 5.92. The largest absolute Gasteiger partial charge is 0.382 e. The predicted molar refractivity (Wildman–Crippen MR) is 74.4 cm³/mol. The maximum absolute atomic E-state index is 13.9. The molecule has 0 unspecified atom stereocenters. The fraction of sp³-hybridized carbons (Fsp3) is 0. The predicted octanol–water partition coefficient (Wildman–Crippen LogP) is 2.35. The summed E-state index contributed by atoms with van der Waals surface area (Å²) in [6.45, 7) is 0. The van der Waals surface area contributed by atoms with Crippen LogP contribution in [0.4, 0.5) is 14.6 Å². The summed E-state index contributed by atoms with van der Waals surface area (Å²) in [7, 11) is 0. The zero-order valence-corrected chi connectivity index (χ0v) is 11.9. The second-order valence-corrected chi connectivity index (χ2v) is 4.84. The lowest BCUT2D eigenvalue weighted by atomic mass is 10.2. The molecule has 0 aliphatic carbocycles. The normalized spacial score (nSPS) is 10.8. The molecule has 21 heavy (non-hydrogen) atoms. The van der Waals surface area contributed by atoms with E-state index in [-0.39, 0.29) is 23.0 Å². The Kier molecular flexibility index (Phi) is 3.34. The van der Waals surface area contributed by atoms with Crippen LogP contribution >= 0.6 is 15.9 Å². The number of anilines is 1. The zero-order chi connectivity index (χ0) is 15.0. The smallest absolute Gasteiger partial charge is 0.190 e. The number of hydrogen-bond acceptors (Lipinski definition) is 5. The highest BCUT2D eigenvalue weighted by Crippen LogP contribution is 2.25. The van der Waals surface area contributed by atoms with Gasteiger partial charge in [0.05, 0.1) is 11.9 Å². The number of rotatable bonds is 2. The summed E-state index contributed by atoms with van der Waals surface area (Å²) in [4.78, 5) is 8.07. The lowest BCUT2D eigenvalue weighted by Crippen LogP contribution is -2.05. The summed E-state index contributed by atoms with van der Waals surface area (Å²) in [5, 5.41) is 7.56. The number of nitrogens with two attached hydrogens (primary N) is 1. The average molecular weight is 353 g/mol. The van der Waals surface area contributed by atoms with Crippen molar-refractivity contribution < 1.29 is 8.78 Å². The van der Waals surface area contributed by atoms with E-state index in [2.05, 4.69) is 36.1 Å². The third kappa shape index (κ3) is 2.35. The summed E-state index contributed by atoms with van der Waals surface area (Å²) in [6, 6.07) is 3.80. The van der Waals surface area contributed by atoms with E-state index in [9.17, 15) is 8.78 Å². The molecule has 0 saturated heterocycles. The van der Waals surface area contributed by atoms with E-state index >= 15 is 0 Å². The Morgan fingerprint density at radius 3 is 2.86 bits per heavy atom. The van der Waals surface area contributed by atoms with Gasteiger partial charge in [-0.05, 0) is 28.1 Å². The van der Waals surface area contributed by atoms with Crippen LogP contribution in [0.3, 0.4) is 0 Å². The van der Waals surface area contributed by atoms with Crippen molar-refractivity contribution in [1.29, 1.82) is 0 Å². The zero-order valence-electron chi connectivity index (χ0n) is 10.3. The fourth-order valence-electron chi connectivity index (χ4n) is 1.79. The molecule has 0 fully saturated rings. The molecule has 0 aliphatic heterocycles. The molecular weight excluding hydrogens is 346 g/mol. The van der Waals surface area contributed by atoms with E-state index in [1.807, 2.05) is 0 Å². The molecule has 0 aliphatic rings. The lowest BCUT2D eigenvalue weighted by Gasteiger charge is -2.08. The van der Waals surface area contributed by atoms with E-state index in [0.717, 1.165) is 6.07 Å². The van der Waals surface area contributed by atoms with Gasteiger partial charge in [0, 0.05) is 0 Å². The standard InChI is InChI=1S/C12H7BrF2N6/c13-8-4-17-11(16)10(19-8)12-20-18-5-21(12)7-3-1-2-6(14)9(7)15/h1-5H,(H2,16,17). The van der Waals surface area contributed by atoms with Crippen LogP contribution in [-0.4, -0.2) is 24.7 Å². The van der Waals surface area contributed by atoms with E-state index in [1.54, 1.807) is 0 Å². The molecule has 2 aromatic heterocycles. The van der Waals surface area contributed by atoms with Gasteiger partial charge < -0.3 is 5.73 Å². The molecule has 2 N–H and O–H groups in total. The molecule has 0 spiro atoms. The van der Waals surface area contributed by atoms with Gasteiger partial charge in [-0.3, -0.25) is 4.57 Å². The van der Waals surface area contributed by atoms with Gasteiger partial charge in [0.2, 0.25) is 0 Å². The number of hydrogen-bond donors (Lipinski definition) is 1. The second-order valence-electron chi connectivity index (χ2n) is 4.02. The van der Waals surface area contributed by atoms with Crippen LogP contribution in [-0.2, 0) is 0 Å². The SMILES string of the molecule is Nc1ncc(Br)nc1-c1nncn1-c1cccc(F)c1F. The molecule has 0 atom stereocenters. The first-order chi connectivity index (χ1) is 10.1. The number of nitrogen functional groups attached to an aromatic ring is 1. The highest BCUT2D eigenvalue weighted by atomic mass is 79.9. The van der Waals surface area contributed by atoms with Crippen molar-refractivity contribution >= 4 is 21.7 Å². The van der Waals surface area contributed by atoms with Crippen LogP contribution in [0.15, 0.2) is 35.3 Å². The summed E-state index contributed by atoms with van der Waals surface area (Å²) >= 11 is 3.17. The molecule has 6 nitrogen and oxygen atoms in total. The Morgan fingerprint density at radius 1 is 1.24 bits per heavy atom. The van der Waals surface area contributed by atoms with E-state index < -0.39 is 11.6 Å². The Morgan fingerprint density at radius 2 is 2.05 bits per heavy atom. The van der Waals surface area contributed by atoms with Crippen molar-refractivity contribution in [3.05, 3.63) is 47.0 Å². The van der Waals surface area contributed by atoms with Gasteiger partial charge in [0.15, 0.2) is 29.0 Å². The molecule has 0 bridgehead atoms. The van der Waals surface area contributed by atoms with Crippen LogP contribution in [0.1, 0.15) is 0 Å². The number of nitrogens with zero attached hydrogens (tertiary/aromatic N) is 5. The van der Waals surface area contributed by atoms with Crippen LogP contribution < -0.4 is 5.73 Å². The van der Waals surface area contributed by atoms with Crippen LogP contribution in [0, 0.1) is 11.6 Å². The molecule has 0 saturated carbocycles. The Balaban J connectivity index is 2.22. The van der Waals surface area contributed by atoms with Crippen molar-refractivity contribution in [1.82, 2.24) is 24.7 Å². The van der Waals surface area contributed by atoms with Gasteiger partial charge in [-0.2, -0.15) is 0 Å². The molecule has 0 amide bonds. The summed E-state index contributed by atoms with van der Waals surface area (Å²) in [6.07, 6.45) is 2.66. The minimum atomic E-state index is -1.01. The minimum Gasteiger partial charge on any atom is -0.382 e. The maximum Gasteiger partial charge on any atom is 0.190 e. The number of halogens is 3. The number of benzene rings is 1. The summed E-state index contributed by atoms with van der Waals surface area (Å²) < 4.78 is 29.0. The molecular formula is C12H7BrF2N6. The molecule has 9 heteroatoms. The Labute approximate surface area is 125 Å². The van der Waals surface area contributed by atoms with Crippen LogP contribution in [0.25, 0.3) is 17.2 Å². The molecule has 2 heterocycles. The third-order valence-electron chi connectivity index (χ3n) is 2.72. The van der Waals surface area contributed by atoms with Crippen LogP contribution in [0.5, 0.6) is 0 Å². The Hall–Kier alpha value is -2.42. The van der Waals surface area contributed by atoms with Crippen molar-refractivity contribution in [2.24, 2.45) is 0 Å². The van der Waals surface area contributed by atoms with Crippen molar-refractivity contribution in [2.75, 3.05) is 5.73 Å². The number of aromatic nitrogens is 5. The van der Waals surface area contributed by atoms with Crippen LogP contribution in [0.2, 0.25) is 0 Å². The molecule has 3 rings (SSSR count). The molecule has 3 aromatic rings. The third-order valence-corrected chi connectivity index (χ3v) is 3.10. The van der Waals surface area contributed by atoms with E-state index in [1.165, 1.54) is 29.2 Å². The molecule has 106 valence electrons. The first kappa shape index (κ1) is 13.6. The van der Waals surface area contributed by atoms with Crippen molar-refractivity contribution in [3.8, 4) is 17.2 Å². The average Bonchev–Trinajstić information content (AvgIpc) is 2.93. The van der Waals surface area contributed by atoms with Gasteiger partial charge in [-0.1, -0.05) is 6.07 Å².